The maximum absolute atomic E-state index is 13.2. The summed E-state index contributed by atoms with van der Waals surface area (Å²) in [4.78, 5) is 13.8. The second-order valence-electron chi connectivity index (χ2n) is 6.17. The average molecular weight is 294 g/mol. The molecule has 0 aromatic heterocycles. The standard InChI is InChI=1S/C16H20F2N2O/c1-12-4-2-3-5-13(12)15(6-7-15)19-14(21)20-10-8-16(17,18)9-11-20/h2-5H,6-11H2,1H3,(H,19,21). The molecule has 3 rings (SSSR count). The van der Waals surface area contributed by atoms with E-state index in [-0.39, 0.29) is 37.5 Å². The van der Waals surface area contributed by atoms with Gasteiger partial charge in [-0.1, -0.05) is 24.3 Å². The quantitative estimate of drug-likeness (QED) is 0.890. The van der Waals surface area contributed by atoms with Gasteiger partial charge in [-0.25, -0.2) is 13.6 Å². The van der Waals surface area contributed by atoms with Crippen molar-refractivity contribution in [2.24, 2.45) is 0 Å². The third kappa shape index (κ3) is 2.87. The minimum Gasteiger partial charge on any atom is -0.328 e. The molecule has 2 fully saturated rings. The van der Waals surface area contributed by atoms with Crippen LogP contribution in [0.3, 0.4) is 0 Å². The second kappa shape index (κ2) is 4.97. The van der Waals surface area contributed by atoms with E-state index >= 15 is 0 Å². The Bertz CT molecular complexity index is 545. The van der Waals surface area contributed by atoms with Gasteiger partial charge in [0, 0.05) is 25.9 Å². The number of hydrogen-bond donors (Lipinski definition) is 1. The van der Waals surface area contributed by atoms with Gasteiger partial charge in [-0.2, -0.15) is 0 Å². The highest BCUT2D eigenvalue weighted by molar-refractivity contribution is 5.76. The number of aryl methyl sites for hydroxylation is 1. The highest BCUT2D eigenvalue weighted by atomic mass is 19.3. The number of urea groups is 1. The Morgan fingerprint density at radius 3 is 2.33 bits per heavy atom. The number of carbonyl (C=O) groups is 1. The number of halogens is 2. The van der Waals surface area contributed by atoms with Crippen LogP contribution in [0.25, 0.3) is 0 Å². The third-order valence-corrected chi connectivity index (χ3v) is 4.54. The van der Waals surface area contributed by atoms with Gasteiger partial charge < -0.3 is 10.2 Å². The molecule has 0 unspecified atom stereocenters. The Balaban J connectivity index is 1.67. The van der Waals surface area contributed by atoms with Gasteiger partial charge in [-0.05, 0) is 30.9 Å². The van der Waals surface area contributed by atoms with Gasteiger partial charge in [0.05, 0.1) is 5.54 Å². The zero-order valence-corrected chi connectivity index (χ0v) is 12.2. The molecule has 2 aliphatic rings. The molecule has 1 aromatic rings. The highest BCUT2D eigenvalue weighted by Gasteiger charge is 2.47. The minimum absolute atomic E-state index is 0.128. The maximum Gasteiger partial charge on any atom is 0.318 e. The number of carbonyl (C=O) groups excluding carboxylic acids is 1. The minimum atomic E-state index is -2.62. The molecular weight excluding hydrogens is 274 g/mol. The molecule has 0 atom stereocenters. The molecule has 1 heterocycles. The topological polar surface area (TPSA) is 32.3 Å². The first-order valence-corrected chi connectivity index (χ1v) is 7.43. The Morgan fingerprint density at radius 2 is 1.76 bits per heavy atom. The number of benzene rings is 1. The van der Waals surface area contributed by atoms with Crippen LogP contribution in [0.4, 0.5) is 13.6 Å². The Kier molecular flexibility index (Phi) is 3.38. The first kappa shape index (κ1) is 14.3. The van der Waals surface area contributed by atoms with Crippen molar-refractivity contribution in [2.75, 3.05) is 13.1 Å². The first-order valence-electron chi connectivity index (χ1n) is 7.43. The SMILES string of the molecule is Cc1ccccc1C1(NC(=O)N2CCC(F)(F)CC2)CC1. The number of nitrogens with zero attached hydrogens (tertiary/aromatic N) is 1. The van der Waals surface area contributed by atoms with Crippen molar-refractivity contribution >= 4 is 6.03 Å². The number of piperidine rings is 1. The molecule has 1 saturated carbocycles. The van der Waals surface area contributed by atoms with E-state index in [1.165, 1.54) is 4.90 Å². The lowest BCUT2D eigenvalue weighted by Crippen LogP contribution is -2.50. The molecule has 0 spiro atoms. The Hall–Kier alpha value is -1.65. The number of nitrogens with one attached hydrogen (secondary N) is 1. The molecule has 2 amide bonds. The van der Waals surface area contributed by atoms with Crippen molar-refractivity contribution in [1.29, 1.82) is 0 Å². The van der Waals surface area contributed by atoms with E-state index in [1.807, 2.05) is 31.2 Å². The van der Waals surface area contributed by atoms with Crippen LogP contribution in [-0.2, 0) is 5.54 Å². The molecular formula is C16H20F2N2O. The lowest BCUT2D eigenvalue weighted by molar-refractivity contribution is -0.0471. The number of alkyl halides is 2. The molecule has 114 valence electrons. The number of rotatable bonds is 2. The predicted molar refractivity (Wildman–Crippen MR) is 76.4 cm³/mol. The normalized spacial score (nSPS) is 22.7. The van der Waals surface area contributed by atoms with Crippen molar-refractivity contribution in [2.45, 2.75) is 44.1 Å². The molecule has 1 N–H and O–H groups in total. The van der Waals surface area contributed by atoms with Crippen LogP contribution >= 0.6 is 0 Å². The summed E-state index contributed by atoms with van der Waals surface area (Å²) in [5, 5.41) is 3.06. The molecule has 1 aromatic carbocycles. The second-order valence-corrected chi connectivity index (χ2v) is 6.17. The summed E-state index contributed by atoms with van der Waals surface area (Å²) in [7, 11) is 0. The van der Waals surface area contributed by atoms with Crippen molar-refractivity contribution in [3.05, 3.63) is 35.4 Å². The van der Waals surface area contributed by atoms with Crippen LogP contribution in [-0.4, -0.2) is 29.9 Å². The van der Waals surface area contributed by atoms with E-state index in [4.69, 9.17) is 0 Å². The van der Waals surface area contributed by atoms with Crippen molar-refractivity contribution in [3.63, 3.8) is 0 Å². The van der Waals surface area contributed by atoms with Gasteiger partial charge in [0.2, 0.25) is 0 Å². The van der Waals surface area contributed by atoms with E-state index in [0.717, 1.165) is 24.0 Å². The van der Waals surface area contributed by atoms with Gasteiger partial charge in [-0.15, -0.1) is 0 Å². The predicted octanol–water partition coefficient (Wildman–Crippen LogP) is 3.42. The smallest absolute Gasteiger partial charge is 0.318 e. The Labute approximate surface area is 123 Å². The fourth-order valence-corrected chi connectivity index (χ4v) is 3.02. The monoisotopic (exact) mass is 294 g/mol. The van der Waals surface area contributed by atoms with Crippen LogP contribution in [0.2, 0.25) is 0 Å². The summed E-state index contributed by atoms with van der Waals surface area (Å²) < 4.78 is 26.3. The van der Waals surface area contributed by atoms with Crippen LogP contribution in [0.15, 0.2) is 24.3 Å². The van der Waals surface area contributed by atoms with Crippen molar-refractivity contribution in [1.82, 2.24) is 10.2 Å². The van der Waals surface area contributed by atoms with Gasteiger partial charge in [-0.3, -0.25) is 0 Å². The van der Waals surface area contributed by atoms with E-state index in [1.54, 1.807) is 0 Å². The van der Waals surface area contributed by atoms with E-state index in [9.17, 15) is 13.6 Å². The van der Waals surface area contributed by atoms with E-state index in [2.05, 4.69) is 5.32 Å². The fourth-order valence-electron chi connectivity index (χ4n) is 3.02. The van der Waals surface area contributed by atoms with Crippen LogP contribution < -0.4 is 5.32 Å². The molecule has 1 saturated heterocycles. The molecule has 21 heavy (non-hydrogen) atoms. The Morgan fingerprint density at radius 1 is 1.14 bits per heavy atom. The maximum atomic E-state index is 13.2. The lowest BCUT2D eigenvalue weighted by Gasteiger charge is -2.33. The van der Waals surface area contributed by atoms with E-state index < -0.39 is 5.92 Å². The third-order valence-electron chi connectivity index (χ3n) is 4.54. The van der Waals surface area contributed by atoms with Crippen LogP contribution in [0.1, 0.15) is 36.8 Å². The number of likely N-dealkylation sites (tertiary alicyclic amines) is 1. The van der Waals surface area contributed by atoms with Crippen molar-refractivity contribution in [3.8, 4) is 0 Å². The summed E-state index contributed by atoms with van der Waals surface area (Å²) >= 11 is 0. The first-order chi connectivity index (χ1) is 9.92. The fraction of sp³-hybridized carbons (Fsp3) is 0.562. The molecule has 0 bridgehead atoms. The van der Waals surface area contributed by atoms with Crippen LogP contribution in [0, 0.1) is 6.92 Å². The van der Waals surface area contributed by atoms with Gasteiger partial charge >= 0.3 is 6.03 Å². The molecule has 5 heteroatoms. The zero-order valence-electron chi connectivity index (χ0n) is 12.2. The summed E-state index contributed by atoms with van der Waals surface area (Å²) in [6.07, 6.45) is 1.34. The lowest BCUT2D eigenvalue weighted by atomic mass is 9.99. The highest BCUT2D eigenvalue weighted by Crippen LogP contribution is 2.46. The van der Waals surface area contributed by atoms with Gasteiger partial charge in [0.25, 0.3) is 5.92 Å². The average Bonchev–Trinajstić information content (AvgIpc) is 3.19. The van der Waals surface area contributed by atoms with Gasteiger partial charge in [0.1, 0.15) is 0 Å². The van der Waals surface area contributed by atoms with Crippen LogP contribution in [0.5, 0.6) is 0 Å². The van der Waals surface area contributed by atoms with E-state index in [0.29, 0.717) is 0 Å². The molecule has 0 radical (unpaired) electrons. The number of hydrogen-bond acceptors (Lipinski definition) is 1. The largest absolute Gasteiger partial charge is 0.328 e. The summed E-state index contributed by atoms with van der Waals surface area (Å²) in [6, 6.07) is 7.79. The van der Waals surface area contributed by atoms with Gasteiger partial charge in [0.15, 0.2) is 0 Å². The summed E-state index contributed by atoms with van der Waals surface area (Å²) in [5.41, 5.74) is 2.00. The molecule has 1 aliphatic carbocycles. The molecule has 3 nitrogen and oxygen atoms in total. The number of amides is 2. The summed E-state index contributed by atoms with van der Waals surface area (Å²) in [6.45, 7) is 2.29. The van der Waals surface area contributed by atoms with Crippen molar-refractivity contribution < 1.29 is 13.6 Å². The molecule has 1 aliphatic heterocycles. The zero-order chi connectivity index (χ0) is 15.1. The summed E-state index contributed by atoms with van der Waals surface area (Å²) in [5.74, 6) is -2.62.